The standard InChI is InChI=1S/C23H22N2O4/c1-16-21(17(2)25(24-16)19-7-5-4-6-8-19)13-14-23(27)29-15-22(26)18-9-11-20(28-3)12-10-18/h4-14H,15H2,1-3H3/b14-13+. The van der Waals surface area contributed by atoms with Gasteiger partial charge in [-0.25, -0.2) is 9.48 Å². The summed E-state index contributed by atoms with van der Waals surface area (Å²) in [5, 5.41) is 4.54. The molecule has 3 rings (SSSR count). The molecule has 0 atom stereocenters. The molecule has 2 aromatic carbocycles. The second-order valence-corrected chi connectivity index (χ2v) is 6.42. The maximum atomic E-state index is 12.1. The van der Waals surface area contributed by atoms with Crippen LogP contribution in [-0.4, -0.2) is 35.2 Å². The third-order valence-electron chi connectivity index (χ3n) is 4.49. The molecular formula is C23H22N2O4. The second kappa shape index (κ2) is 9.01. The first-order valence-electron chi connectivity index (χ1n) is 9.13. The number of carbonyl (C=O) groups excluding carboxylic acids is 2. The van der Waals surface area contributed by atoms with Crippen LogP contribution in [0.25, 0.3) is 11.8 Å². The van der Waals surface area contributed by atoms with E-state index in [1.807, 2.05) is 48.9 Å². The molecule has 3 aromatic rings. The minimum Gasteiger partial charge on any atom is -0.497 e. The normalized spacial score (nSPS) is 10.9. The highest BCUT2D eigenvalue weighted by atomic mass is 16.5. The fraction of sp³-hybridized carbons (Fsp3) is 0.174. The maximum Gasteiger partial charge on any atom is 0.331 e. The lowest BCUT2D eigenvalue weighted by molar-refractivity contribution is -0.136. The fourth-order valence-electron chi connectivity index (χ4n) is 2.91. The van der Waals surface area contributed by atoms with Crippen LogP contribution in [0.5, 0.6) is 5.75 Å². The molecular weight excluding hydrogens is 368 g/mol. The maximum absolute atomic E-state index is 12.1. The summed E-state index contributed by atoms with van der Waals surface area (Å²) in [7, 11) is 1.55. The fourth-order valence-corrected chi connectivity index (χ4v) is 2.91. The second-order valence-electron chi connectivity index (χ2n) is 6.42. The quantitative estimate of drug-likeness (QED) is 0.347. The largest absolute Gasteiger partial charge is 0.497 e. The van der Waals surface area contributed by atoms with E-state index >= 15 is 0 Å². The summed E-state index contributed by atoms with van der Waals surface area (Å²) in [4.78, 5) is 24.2. The highest BCUT2D eigenvalue weighted by molar-refractivity contribution is 5.99. The van der Waals surface area contributed by atoms with Gasteiger partial charge in [0.15, 0.2) is 12.4 Å². The van der Waals surface area contributed by atoms with Crippen LogP contribution < -0.4 is 4.74 Å². The average Bonchev–Trinajstić information content (AvgIpc) is 3.04. The van der Waals surface area contributed by atoms with Crippen LogP contribution in [0, 0.1) is 13.8 Å². The zero-order valence-electron chi connectivity index (χ0n) is 16.6. The zero-order chi connectivity index (χ0) is 20.8. The molecule has 1 heterocycles. The third-order valence-corrected chi connectivity index (χ3v) is 4.49. The molecule has 148 valence electrons. The van der Waals surface area contributed by atoms with Crippen molar-refractivity contribution < 1.29 is 19.1 Å². The van der Waals surface area contributed by atoms with Crippen molar-refractivity contribution in [3.63, 3.8) is 0 Å². The number of para-hydroxylation sites is 1. The van der Waals surface area contributed by atoms with Crippen LogP contribution in [0.2, 0.25) is 0 Å². The number of ketones is 1. The number of methoxy groups -OCH3 is 1. The van der Waals surface area contributed by atoms with Crippen LogP contribution in [0.3, 0.4) is 0 Å². The summed E-state index contributed by atoms with van der Waals surface area (Å²) in [6, 6.07) is 16.4. The first kappa shape index (κ1) is 20.1. The predicted octanol–water partition coefficient (Wildman–Crippen LogP) is 3.94. The van der Waals surface area contributed by atoms with Gasteiger partial charge < -0.3 is 9.47 Å². The van der Waals surface area contributed by atoms with E-state index in [9.17, 15) is 9.59 Å². The molecule has 6 heteroatoms. The van der Waals surface area contributed by atoms with E-state index in [1.54, 1.807) is 37.5 Å². The van der Waals surface area contributed by atoms with Gasteiger partial charge in [-0.05, 0) is 56.3 Å². The number of rotatable bonds is 7. The van der Waals surface area contributed by atoms with Gasteiger partial charge in [0, 0.05) is 22.9 Å². The molecule has 0 saturated carbocycles. The van der Waals surface area contributed by atoms with E-state index in [1.165, 1.54) is 6.08 Å². The number of hydrogen-bond acceptors (Lipinski definition) is 5. The van der Waals surface area contributed by atoms with Gasteiger partial charge in [-0.2, -0.15) is 5.10 Å². The SMILES string of the molecule is COc1ccc(C(=O)COC(=O)/C=C/c2c(C)nn(-c3ccccc3)c2C)cc1. The van der Waals surface area contributed by atoms with Crippen molar-refractivity contribution in [3.05, 3.63) is 83.2 Å². The van der Waals surface area contributed by atoms with Crippen molar-refractivity contribution >= 4 is 17.8 Å². The van der Waals surface area contributed by atoms with E-state index in [2.05, 4.69) is 5.10 Å². The predicted molar refractivity (Wildman–Crippen MR) is 110 cm³/mol. The Morgan fingerprint density at radius 3 is 2.38 bits per heavy atom. The number of Topliss-reactive ketones (excluding diaryl/α,β-unsaturated/α-hetero) is 1. The Morgan fingerprint density at radius 2 is 1.72 bits per heavy atom. The summed E-state index contributed by atoms with van der Waals surface area (Å²) >= 11 is 0. The van der Waals surface area contributed by atoms with Gasteiger partial charge in [-0.15, -0.1) is 0 Å². The van der Waals surface area contributed by atoms with E-state index in [-0.39, 0.29) is 12.4 Å². The molecule has 0 saturated heterocycles. The van der Waals surface area contributed by atoms with Gasteiger partial charge in [0.05, 0.1) is 18.5 Å². The molecule has 0 aliphatic carbocycles. The minimum absolute atomic E-state index is 0.279. The average molecular weight is 390 g/mol. The van der Waals surface area contributed by atoms with Gasteiger partial charge in [-0.1, -0.05) is 18.2 Å². The monoisotopic (exact) mass is 390 g/mol. The molecule has 0 bridgehead atoms. The minimum atomic E-state index is -0.585. The molecule has 0 radical (unpaired) electrons. The third kappa shape index (κ3) is 4.79. The number of benzene rings is 2. The Bertz CT molecular complexity index is 1030. The number of esters is 1. The molecule has 0 fully saturated rings. The van der Waals surface area contributed by atoms with E-state index in [0.29, 0.717) is 11.3 Å². The lowest BCUT2D eigenvalue weighted by atomic mass is 10.1. The van der Waals surface area contributed by atoms with Crippen molar-refractivity contribution in [2.75, 3.05) is 13.7 Å². The van der Waals surface area contributed by atoms with Gasteiger partial charge in [0.25, 0.3) is 0 Å². The highest BCUT2D eigenvalue weighted by Gasteiger charge is 2.12. The molecule has 6 nitrogen and oxygen atoms in total. The number of hydrogen-bond donors (Lipinski definition) is 0. The molecule has 0 amide bonds. The van der Waals surface area contributed by atoms with Crippen molar-refractivity contribution in [1.82, 2.24) is 9.78 Å². The lowest BCUT2D eigenvalue weighted by Gasteiger charge is -2.04. The summed E-state index contributed by atoms with van der Waals surface area (Å²) < 4.78 is 12.0. The highest BCUT2D eigenvalue weighted by Crippen LogP contribution is 2.19. The van der Waals surface area contributed by atoms with E-state index < -0.39 is 5.97 Å². The summed E-state index contributed by atoms with van der Waals surface area (Å²) in [6.45, 7) is 3.49. The number of carbonyl (C=O) groups is 2. The Kier molecular flexibility index (Phi) is 6.24. The van der Waals surface area contributed by atoms with Gasteiger partial charge >= 0.3 is 5.97 Å². The van der Waals surface area contributed by atoms with Crippen LogP contribution in [0.1, 0.15) is 27.3 Å². The number of aryl methyl sites for hydroxylation is 1. The smallest absolute Gasteiger partial charge is 0.331 e. The first-order chi connectivity index (χ1) is 14.0. The van der Waals surface area contributed by atoms with E-state index in [0.717, 1.165) is 22.6 Å². The molecule has 0 aliphatic rings. The Morgan fingerprint density at radius 1 is 1.03 bits per heavy atom. The van der Waals surface area contributed by atoms with Crippen LogP contribution >= 0.6 is 0 Å². The Balaban J connectivity index is 1.63. The summed E-state index contributed by atoms with van der Waals surface area (Å²) in [5.74, 6) is -0.208. The lowest BCUT2D eigenvalue weighted by Crippen LogP contribution is -2.12. The van der Waals surface area contributed by atoms with Crippen molar-refractivity contribution in [3.8, 4) is 11.4 Å². The van der Waals surface area contributed by atoms with Gasteiger partial charge in [0.2, 0.25) is 0 Å². The topological polar surface area (TPSA) is 70.4 Å². The zero-order valence-corrected chi connectivity index (χ0v) is 16.6. The van der Waals surface area contributed by atoms with Crippen LogP contribution in [-0.2, 0) is 9.53 Å². The molecule has 29 heavy (non-hydrogen) atoms. The molecule has 0 unspecified atom stereocenters. The van der Waals surface area contributed by atoms with E-state index in [4.69, 9.17) is 9.47 Å². The summed E-state index contributed by atoms with van der Waals surface area (Å²) in [5.41, 5.74) is 3.95. The number of ether oxygens (including phenoxy) is 2. The van der Waals surface area contributed by atoms with Crippen LogP contribution in [0.15, 0.2) is 60.7 Å². The Labute approximate surface area is 169 Å². The molecule has 1 aromatic heterocycles. The summed E-state index contributed by atoms with van der Waals surface area (Å²) in [6.07, 6.45) is 2.98. The van der Waals surface area contributed by atoms with Crippen molar-refractivity contribution in [2.45, 2.75) is 13.8 Å². The molecule has 0 N–H and O–H groups in total. The van der Waals surface area contributed by atoms with Crippen molar-refractivity contribution in [1.29, 1.82) is 0 Å². The number of aromatic nitrogens is 2. The Hall–Kier alpha value is -3.67. The van der Waals surface area contributed by atoms with Crippen molar-refractivity contribution in [2.24, 2.45) is 0 Å². The van der Waals surface area contributed by atoms with Crippen LogP contribution in [0.4, 0.5) is 0 Å². The molecule has 0 spiro atoms. The number of nitrogens with zero attached hydrogens (tertiary/aromatic N) is 2. The van der Waals surface area contributed by atoms with Gasteiger partial charge in [0.1, 0.15) is 5.75 Å². The molecule has 0 aliphatic heterocycles. The van der Waals surface area contributed by atoms with Gasteiger partial charge in [-0.3, -0.25) is 4.79 Å². The first-order valence-corrected chi connectivity index (χ1v) is 9.13.